The molecule has 3 N–H and O–H groups in total. The SMILES string of the molecule is CCCCOCCCNC(=O)NC1C(=O)N2C(C(=O)O)=C(CSc3nnc(C)s3)CS[C@@H]12. The van der Waals surface area contributed by atoms with Gasteiger partial charge in [0.05, 0.1) is 0 Å². The minimum absolute atomic E-state index is 0.00942. The van der Waals surface area contributed by atoms with E-state index in [0.717, 1.165) is 22.2 Å². The lowest BCUT2D eigenvalue weighted by Gasteiger charge is -2.49. The van der Waals surface area contributed by atoms with E-state index in [4.69, 9.17) is 4.74 Å². The van der Waals surface area contributed by atoms with E-state index >= 15 is 0 Å². The standard InChI is InChI=1S/C19H27N5O5S3/c1-3-4-7-29-8-5-6-20-18(28)21-13-15(25)24-14(17(26)27)12(9-30-16(13)24)10-31-19-23-22-11(2)32-19/h13,16H,3-10H2,1-2H3,(H,26,27)(H2,20,21,28)/t13?,16-/m0/s1. The van der Waals surface area contributed by atoms with Crippen molar-refractivity contribution < 1.29 is 24.2 Å². The van der Waals surface area contributed by atoms with Crippen LogP contribution in [0.1, 0.15) is 31.2 Å². The number of aryl methyl sites for hydroxylation is 1. The molecule has 1 unspecified atom stereocenters. The number of carbonyl (C=O) groups excluding carboxylic acids is 2. The summed E-state index contributed by atoms with van der Waals surface area (Å²) in [5.74, 6) is -0.667. The average molecular weight is 502 g/mol. The van der Waals surface area contributed by atoms with Crippen LogP contribution in [-0.4, -0.2) is 80.8 Å². The predicted molar refractivity (Wildman–Crippen MR) is 124 cm³/mol. The maximum Gasteiger partial charge on any atom is 0.352 e. The second-order valence-electron chi connectivity index (χ2n) is 7.24. The van der Waals surface area contributed by atoms with Gasteiger partial charge in [-0.25, -0.2) is 9.59 Å². The molecule has 0 aromatic carbocycles. The molecule has 176 valence electrons. The van der Waals surface area contributed by atoms with Crippen LogP contribution < -0.4 is 10.6 Å². The molecule has 32 heavy (non-hydrogen) atoms. The van der Waals surface area contributed by atoms with Gasteiger partial charge >= 0.3 is 12.0 Å². The number of fused-ring (bicyclic) bond motifs is 1. The molecular formula is C19H27N5O5S3. The topological polar surface area (TPSA) is 134 Å². The quantitative estimate of drug-likeness (QED) is 0.223. The van der Waals surface area contributed by atoms with Crippen LogP contribution in [0.15, 0.2) is 15.6 Å². The molecule has 2 atom stereocenters. The normalized spacial score (nSPS) is 20.1. The third kappa shape index (κ3) is 6.15. The number of aromatic nitrogens is 2. The molecule has 0 bridgehead atoms. The number of nitrogens with zero attached hydrogens (tertiary/aromatic N) is 3. The van der Waals surface area contributed by atoms with Gasteiger partial charge < -0.3 is 20.5 Å². The van der Waals surface area contributed by atoms with Crippen LogP contribution in [0.25, 0.3) is 0 Å². The van der Waals surface area contributed by atoms with Crippen LogP contribution in [-0.2, 0) is 14.3 Å². The molecule has 2 aliphatic rings. The lowest BCUT2D eigenvalue weighted by molar-refractivity contribution is -0.148. The Balaban J connectivity index is 1.50. The molecular weight excluding hydrogens is 474 g/mol. The van der Waals surface area contributed by atoms with Crippen molar-refractivity contribution in [2.45, 2.75) is 48.9 Å². The van der Waals surface area contributed by atoms with E-state index in [9.17, 15) is 19.5 Å². The molecule has 2 aliphatic heterocycles. The first-order chi connectivity index (χ1) is 15.4. The number of urea groups is 1. The predicted octanol–water partition coefficient (Wildman–Crippen LogP) is 2.07. The number of carboxylic acid groups (broad SMARTS) is 1. The van der Waals surface area contributed by atoms with Gasteiger partial charge in [0.15, 0.2) is 4.34 Å². The number of β-lactam (4-membered cyclic amide) rings is 1. The van der Waals surface area contributed by atoms with E-state index in [0.29, 0.717) is 43.3 Å². The van der Waals surface area contributed by atoms with Gasteiger partial charge in [0.2, 0.25) is 0 Å². The summed E-state index contributed by atoms with van der Waals surface area (Å²) < 4.78 is 6.20. The fraction of sp³-hybridized carbons (Fsp3) is 0.632. The summed E-state index contributed by atoms with van der Waals surface area (Å²) in [6.45, 7) is 5.67. The highest BCUT2D eigenvalue weighted by Gasteiger charge is 2.54. The number of nitrogens with one attached hydrogen (secondary N) is 2. The molecule has 1 saturated heterocycles. The molecule has 13 heteroatoms. The summed E-state index contributed by atoms with van der Waals surface area (Å²) in [6, 6.07) is -1.18. The van der Waals surface area contributed by atoms with Crippen molar-refractivity contribution in [1.82, 2.24) is 25.7 Å². The van der Waals surface area contributed by atoms with Crippen LogP contribution in [0.3, 0.4) is 0 Å². The van der Waals surface area contributed by atoms with Crippen LogP contribution >= 0.6 is 34.9 Å². The number of hydrogen-bond donors (Lipinski definition) is 3. The van der Waals surface area contributed by atoms with Crippen LogP contribution in [0.5, 0.6) is 0 Å². The van der Waals surface area contributed by atoms with Crippen molar-refractivity contribution in [2.24, 2.45) is 0 Å². The number of hydrogen-bond acceptors (Lipinski definition) is 9. The van der Waals surface area contributed by atoms with Crippen molar-refractivity contribution in [2.75, 3.05) is 31.3 Å². The van der Waals surface area contributed by atoms with E-state index in [1.807, 2.05) is 6.92 Å². The maximum absolute atomic E-state index is 12.7. The van der Waals surface area contributed by atoms with E-state index in [-0.39, 0.29) is 5.70 Å². The highest BCUT2D eigenvalue weighted by Crippen LogP contribution is 2.41. The molecule has 1 fully saturated rings. The van der Waals surface area contributed by atoms with Gasteiger partial charge in [-0.2, -0.15) is 0 Å². The van der Waals surface area contributed by atoms with Crippen LogP contribution in [0.4, 0.5) is 4.79 Å². The number of unbranched alkanes of at least 4 members (excludes halogenated alkanes) is 1. The van der Waals surface area contributed by atoms with E-state index in [1.165, 1.54) is 39.8 Å². The zero-order valence-corrected chi connectivity index (χ0v) is 20.4. The van der Waals surface area contributed by atoms with Gasteiger partial charge in [0, 0.05) is 31.3 Å². The molecule has 3 amide bonds. The van der Waals surface area contributed by atoms with Crippen LogP contribution in [0, 0.1) is 6.92 Å². The van der Waals surface area contributed by atoms with Crippen molar-refractivity contribution in [3.63, 3.8) is 0 Å². The monoisotopic (exact) mass is 501 g/mol. The number of aliphatic carboxylic acids is 1. The molecule has 0 spiro atoms. The minimum atomic E-state index is -1.14. The summed E-state index contributed by atoms with van der Waals surface area (Å²) in [6.07, 6.45) is 2.78. The minimum Gasteiger partial charge on any atom is -0.477 e. The van der Waals surface area contributed by atoms with Gasteiger partial charge in [-0.05, 0) is 25.3 Å². The molecule has 0 radical (unpaired) electrons. The van der Waals surface area contributed by atoms with Crippen molar-refractivity contribution >= 4 is 52.8 Å². The maximum atomic E-state index is 12.7. The second kappa shape index (κ2) is 11.9. The summed E-state index contributed by atoms with van der Waals surface area (Å²) >= 11 is 4.30. The van der Waals surface area contributed by atoms with Gasteiger partial charge in [-0.1, -0.05) is 36.4 Å². The molecule has 0 saturated carbocycles. The highest BCUT2D eigenvalue weighted by molar-refractivity contribution is 8.01. The van der Waals surface area contributed by atoms with Gasteiger partial charge in [-0.15, -0.1) is 22.0 Å². The first-order valence-corrected chi connectivity index (χ1v) is 13.2. The van der Waals surface area contributed by atoms with Crippen LogP contribution in [0.2, 0.25) is 0 Å². The largest absolute Gasteiger partial charge is 0.477 e. The van der Waals surface area contributed by atoms with Gasteiger partial charge in [0.1, 0.15) is 22.1 Å². The average Bonchev–Trinajstić information content (AvgIpc) is 3.19. The Morgan fingerprint density at radius 3 is 2.78 bits per heavy atom. The van der Waals surface area contributed by atoms with E-state index < -0.39 is 29.3 Å². The summed E-state index contributed by atoms with van der Waals surface area (Å²) in [7, 11) is 0. The summed E-state index contributed by atoms with van der Waals surface area (Å²) in [5.41, 5.74) is 0.672. The molecule has 3 heterocycles. The van der Waals surface area contributed by atoms with E-state index in [1.54, 1.807) is 0 Å². The number of ether oxygens (including phenoxy) is 1. The second-order valence-corrected chi connectivity index (χ2v) is 10.7. The number of rotatable bonds is 12. The Bertz CT molecular complexity index is 877. The fourth-order valence-electron chi connectivity index (χ4n) is 3.20. The molecule has 1 aromatic rings. The summed E-state index contributed by atoms with van der Waals surface area (Å²) in [5, 5.41) is 23.5. The molecule has 1 aromatic heterocycles. The van der Waals surface area contributed by atoms with Crippen molar-refractivity contribution in [3.8, 4) is 0 Å². The lowest BCUT2D eigenvalue weighted by atomic mass is 10.0. The van der Waals surface area contributed by atoms with Gasteiger partial charge in [0.25, 0.3) is 5.91 Å². The number of amides is 3. The van der Waals surface area contributed by atoms with Gasteiger partial charge in [-0.3, -0.25) is 9.69 Å². The summed E-state index contributed by atoms with van der Waals surface area (Å²) in [4.78, 5) is 38.0. The zero-order chi connectivity index (χ0) is 23.1. The van der Waals surface area contributed by atoms with E-state index in [2.05, 4.69) is 27.8 Å². The number of thioether (sulfide) groups is 2. The molecule has 10 nitrogen and oxygen atoms in total. The first kappa shape index (κ1) is 24.8. The third-order valence-corrected chi connectivity index (χ3v) is 8.20. The Hall–Kier alpha value is -1.83. The Morgan fingerprint density at radius 1 is 1.31 bits per heavy atom. The smallest absolute Gasteiger partial charge is 0.352 e. The Morgan fingerprint density at radius 2 is 2.09 bits per heavy atom. The number of carboxylic acids is 1. The molecule has 0 aliphatic carbocycles. The zero-order valence-electron chi connectivity index (χ0n) is 18.0. The van der Waals surface area contributed by atoms with Crippen molar-refractivity contribution in [3.05, 3.63) is 16.3 Å². The Kier molecular flexibility index (Phi) is 9.20. The third-order valence-electron chi connectivity index (χ3n) is 4.81. The first-order valence-electron chi connectivity index (χ1n) is 10.4. The molecule has 3 rings (SSSR count). The highest BCUT2D eigenvalue weighted by atomic mass is 32.2. The van der Waals surface area contributed by atoms with Crippen molar-refractivity contribution in [1.29, 1.82) is 0 Å². The number of carbonyl (C=O) groups is 3. The Labute approximate surface area is 198 Å². The fourth-order valence-corrected chi connectivity index (χ4v) is 6.50. The lowest BCUT2D eigenvalue weighted by Crippen LogP contribution is -2.71.